The number of nitrogen functional groups attached to an aromatic ring is 1. The summed E-state index contributed by atoms with van der Waals surface area (Å²) >= 11 is 3.40. The van der Waals surface area contributed by atoms with Crippen LogP contribution in [-0.2, 0) is 11.3 Å². The second-order valence-electron chi connectivity index (χ2n) is 4.66. The lowest BCUT2D eigenvalue weighted by Crippen LogP contribution is -2.27. The van der Waals surface area contributed by atoms with E-state index in [1.54, 1.807) is 11.2 Å². The van der Waals surface area contributed by atoms with Crippen molar-refractivity contribution in [2.75, 3.05) is 10.6 Å². The molecule has 1 unspecified atom stereocenters. The highest BCUT2D eigenvalue weighted by molar-refractivity contribution is 9.10. The molecule has 2 aromatic rings. The van der Waals surface area contributed by atoms with Gasteiger partial charge in [-0.05, 0) is 52.7 Å². The van der Waals surface area contributed by atoms with E-state index in [1.165, 1.54) is 0 Å². The topological polar surface area (TPSA) is 59.5 Å². The van der Waals surface area contributed by atoms with E-state index in [2.05, 4.69) is 15.9 Å². The molecule has 0 spiro atoms. The van der Waals surface area contributed by atoms with Crippen LogP contribution < -0.4 is 10.6 Å². The first-order valence-corrected chi connectivity index (χ1v) is 6.80. The van der Waals surface area contributed by atoms with Crippen molar-refractivity contribution < 1.29 is 9.21 Å². The van der Waals surface area contributed by atoms with Gasteiger partial charge in [-0.15, -0.1) is 0 Å². The smallest absolute Gasteiger partial charge is 0.234 e. The molecule has 1 aromatic heterocycles. The van der Waals surface area contributed by atoms with E-state index in [0.717, 1.165) is 21.5 Å². The number of benzene rings is 1. The minimum Gasteiger partial charge on any atom is -0.467 e. The van der Waals surface area contributed by atoms with Gasteiger partial charge in [-0.3, -0.25) is 4.79 Å². The van der Waals surface area contributed by atoms with Crippen LogP contribution in [-0.4, -0.2) is 5.91 Å². The van der Waals surface area contributed by atoms with E-state index in [9.17, 15) is 4.79 Å². The van der Waals surface area contributed by atoms with Gasteiger partial charge in [-0.2, -0.15) is 0 Å². The maximum absolute atomic E-state index is 12.3. The average Bonchev–Trinajstić information content (AvgIpc) is 2.96. The van der Waals surface area contributed by atoms with Crippen LogP contribution in [0, 0.1) is 0 Å². The number of nitrogens with two attached hydrogens (primary N) is 1. The third-order valence-electron chi connectivity index (χ3n) is 3.43. The van der Waals surface area contributed by atoms with Crippen LogP contribution in [0.25, 0.3) is 0 Å². The van der Waals surface area contributed by atoms with Crippen molar-refractivity contribution in [3.05, 3.63) is 46.3 Å². The molecule has 1 aliphatic heterocycles. The van der Waals surface area contributed by atoms with Crippen LogP contribution in [0.5, 0.6) is 0 Å². The first kappa shape index (κ1) is 12.3. The molecule has 1 aliphatic rings. The molecule has 5 heteroatoms. The largest absolute Gasteiger partial charge is 0.467 e. The molecule has 0 saturated heterocycles. The average molecular weight is 321 g/mol. The molecule has 0 bridgehead atoms. The standard InChI is InChI=1S/C14H13BrN2O2/c1-8-10-5-11(15)12(16)6-13(10)17(14(8)18)7-9-3-2-4-19-9/h2-6,8H,7,16H2,1H3. The Hall–Kier alpha value is -1.75. The predicted molar refractivity (Wildman–Crippen MR) is 76.9 cm³/mol. The zero-order chi connectivity index (χ0) is 13.6. The van der Waals surface area contributed by atoms with Crippen LogP contribution >= 0.6 is 15.9 Å². The summed E-state index contributed by atoms with van der Waals surface area (Å²) in [6.45, 7) is 2.34. The van der Waals surface area contributed by atoms with Crippen molar-refractivity contribution >= 4 is 33.2 Å². The number of furan rings is 1. The van der Waals surface area contributed by atoms with Crippen LogP contribution in [0.1, 0.15) is 24.2 Å². The number of nitrogens with zero attached hydrogens (tertiary/aromatic N) is 1. The van der Waals surface area contributed by atoms with Crippen molar-refractivity contribution in [1.82, 2.24) is 0 Å². The van der Waals surface area contributed by atoms with Crippen LogP contribution in [0.4, 0.5) is 11.4 Å². The summed E-state index contributed by atoms with van der Waals surface area (Å²) in [5, 5.41) is 0. The van der Waals surface area contributed by atoms with Gasteiger partial charge in [-0.1, -0.05) is 0 Å². The normalized spacial score (nSPS) is 17.9. The van der Waals surface area contributed by atoms with Crippen molar-refractivity contribution in [2.24, 2.45) is 0 Å². The maximum atomic E-state index is 12.3. The van der Waals surface area contributed by atoms with Gasteiger partial charge in [0.05, 0.1) is 24.4 Å². The van der Waals surface area contributed by atoms with E-state index in [4.69, 9.17) is 10.2 Å². The number of halogens is 1. The summed E-state index contributed by atoms with van der Waals surface area (Å²) in [5.41, 5.74) is 8.41. The summed E-state index contributed by atoms with van der Waals surface area (Å²) in [6, 6.07) is 7.44. The second kappa shape index (κ2) is 4.42. The zero-order valence-corrected chi connectivity index (χ0v) is 12.0. The molecule has 1 atom stereocenters. The Morgan fingerprint density at radius 2 is 2.26 bits per heavy atom. The summed E-state index contributed by atoms with van der Waals surface area (Å²) in [5.74, 6) is 0.681. The Kier molecular flexibility index (Phi) is 2.86. The van der Waals surface area contributed by atoms with Crippen molar-refractivity contribution in [2.45, 2.75) is 19.4 Å². The molecule has 2 N–H and O–H groups in total. The molecule has 0 radical (unpaired) electrons. The highest BCUT2D eigenvalue weighted by atomic mass is 79.9. The van der Waals surface area contributed by atoms with Gasteiger partial charge in [0, 0.05) is 10.2 Å². The Labute approximate surface area is 119 Å². The molecule has 0 saturated carbocycles. The van der Waals surface area contributed by atoms with Crippen LogP contribution in [0.2, 0.25) is 0 Å². The molecule has 4 nitrogen and oxygen atoms in total. The fraction of sp³-hybridized carbons (Fsp3) is 0.214. The molecule has 1 amide bonds. The number of carbonyl (C=O) groups excluding carboxylic acids is 1. The minimum absolute atomic E-state index is 0.0731. The fourth-order valence-corrected chi connectivity index (χ4v) is 2.74. The van der Waals surface area contributed by atoms with Gasteiger partial charge in [0.15, 0.2) is 0 Å². The Bertz CT molecular complexity index is 637. The molecule has 1 aromatic carbocycles. The van der Waals surface area contributed by atoms with Gasteiger partial charge >= 0.3 is 0 Å². The lowest BCUT2D eigenvalue weighted by atomic mass is 10.0. The lowest BCUT2D eigenvalue weighted by molar-refractivity contribution is -0.119. The second-order valence-corrected chi connectivity index (χ2v) is 5.51. The van der Waals surface area contributed by atoms with E-state index in [1.807, 2.05) is 31.2 Å². The van der Waals surface area contributed by atoms with Gasteiger partial charge in [-0.25, -0.2) is 0 Å². The molecule has 2 heterocycles. The summed E-state index contributed by atoms with van der Waals surface area (Å²) < 4.78 is 6.14. The minimum atomic E-state index is -0.151. The first-order chi connectivity index (χ1) is 9.08. The monoisotopic (exact) mass is 320 g/mol. The van der Waals surface area contributed by atoms with Gasteiger partial charge in [0.2, 0.25) is 5.91 Å². The third-order valence-corrected chi connectivity index (χ3v) is 4.12. The number of hydrogen-bond donors (Lipinski definition) is 1. The predicted octanol–water partition coefficient (Wildman–Crippen LogP) is 3.27. The SMILES string of the molecule is CC1C(=O)N(Cc2ccco2)c2cc(N)c(Br)cc21. The van der Waals surface area contributed by atoms with Crippen LogP contribution in [0.3, 0.4) is 0 Å². The number of amides is 1. The Morgan fingerprint density at radius 3 is 2.95 bits per heavy atom. The highest BCUT2D eigenvalue weighted by Crippen LogP contribution is 2.41. The lowest BCUT2D eigenvalue weighted by Gasteiger charge is -2.16. The molecule has 0 aliphatic carbocycles. The summed E-state index contributed by atoms with van der Waals surface area (Å²) in [6.07, 6.45) is 1.61. The fourth-order valence-electron chi connectivity index (χ4n) is 2.38. The van der Waals surface area contributed by atoms with E-state index < -0.39 is 0 Å². The number of anilines is 2. The summed E-state index contributed by atoms with van der Waals surface area (Å²) in [7, 11) is 0. The van der Waals surface area contributed by atoms with E-state index in [0.29, 0.717) is 12.2 Å². The number of fused-ring (bicyclic) bond motifs is 1. The van der Waals surface area contributed by atoms with Gasteiger partial charge in [0.1, 0.15) is 5.76 Å². The van der Waals surface area contributed by atoms with Gasteiger partial charge < -0.3 is 15.1 Å². The Morgan fingerprint density at radius 1 is 1.47 bits per heavy atom. The maximum Gasteiger partial charge on any atom is 0.234 e. The van der Waals surface area contributed by atoms with E-state index >= 15 is 0 Å². The number of rotatable bonds is 2. The molecular weight excluding hydrogens is 308 g/mol. The number of carbonyl (C=O) groups is 1. The summed E-state index contributed by atoms with van der Waals surface area (Å²) in [4.78, 5) is 14.1. The zero-order valence-electron chi connectivity index (χ0n) is 10.4. The molecular formula is C14H13BrN2O2. The Balaban J connectivity index is 2.04. The van der Waals surface area contributed by atoms with Crippen molar-refractivity contribution in [1.29, 1.82) is 0 Å². The van der Waals surface area contributed by atoms with Gasteiger partial charge in [0.25, 0.3) is 0 Å². The molecule has 0 fully saturated rings. The molecule has 3 rings (SSSR count). The highest BCUT2D eigenvalue weighted by Gasteiger charge is 2.35. The van der Waals surface area contributed by atoms with Crippen molar-refractivity contribution in [3.8, 4) is 0 Å². The van der Waals surface area contributed by atoms with Crippen molar-refractivity contribution in [3.63, 3.8) is 0 Å². The molecule has 19 heavy (non-hydrogen) atoms. The number of hydrogen-bond acceptors (Lipinski definition) is 3. The third kappa shape index (κ3) is 1.94. The van der Waals surface area contributed by atoms with E-state index in [-0.39, 0.29) is 11.8 Å². The first-order valence-electron chi connectivity index (χ1n) is 6.00. The quantitative estimate of drug-likeness (QED) is 0.864. The molecule has 98 valence electrons. The van der Waals surface area contributed by atoms with Crippen LogP contribution in [0.15, 0.2) is 39.4 Å².